The highest BCUT2D eigenvalue weighted by atomic mass is 19.4. The highest BCUT2D eigenvalue weighted by Crippen LogP contribution is 2.34. The van der Waals surface area contributed by atoms with Crippen LogP contribution in [0.5, 0.6) is 17.2 Å². The second-order valence-corrected chi connectivity index (χ2v) is 7.02. The fraction of sp³-hybridized carbons (Fsp3) is 0.381. The van der Waals surface area contributed by atoms with Gasteiger partial charge in [0.15, 0.2) is 11.5 Å². The first-order chi connectivity index (χ1) is 13.7. The Bertz CT molecular complexity index is 850. The van der Waals surface area contributed by atoms with Crippen molar-refractivity contribution in [3.8, 4) is 17.2 Å². The summed E-state index contributed by atoms with van der Waals surface area (Å²) >= 11 is 0. The molecule has 1 heterocycles. The number of ether oxygens (including phenoxy) is 3. The molecular weight excluding hydrogens is 387 g/mol. The maximum Gasteiger partial charge on any atom is 0.573 e. The van der Waals surface area contributed by atoms with Gasteiger partial charge in [-0.05, 0) is 47.9 Å². The molecule has 2 aromatic rings. The Morgan fingerprint density at radius 2 is 1.69 bits per heavy atom. The topological polar surface area (TPSA) is 56.8 Å². The first kappa shape index (κ1) is 20.8. The van der Waals surface area contributed by atoms with Gasteiger partial charge in [-0.3, -0.25) is 4.79 Å². The van der Waals surface area contributed by atoms with Crippen molar-refractivity contribution in [2.24, 2.45) is 5.92 Å². The van der Waals surface area contributed by atoms with Gasteiger partial charge in [-0.25, -0.2) is 0 Å². The molecule has 1 N–H and O–H groups in total. The molecule has 1 aliphatic rings. The first-order valence-electron chi connectivity index (χ1n) is 9.29. The van der Waals surface area contributed by atoms with E-state index < -0.39 is 12.3 Å². The third-order valence-corrected chi connectivity index (χ3v) is 4.43. The summed E-state index contributed by atoms with van der Waals surface area (Å²) in [5.74, 6) is 0.595. The number of halogens is 3. The van der Waals surface area contributed by atoms with Gasteiger partial charge in [0.05, 0.1) is 19.3 Å². The van der Waals surface area contributed by atoms with Crippen LogP contribution in [-0.2, 0) is 0 Å². The van der Waals surface area contributed by atoms with E-state index in [1.807, 2.05) is 32.0 Å². The third-order valence-electron chi connectivity index (χ3n) is 4.43. The largest absolute Gasteiger partial charge is 0.573 e. The number of benzene rings is 2. The van der Waals surface area contributed by atoms with Crippen molar-refractivity contribution in [3.05, 3.63) is 53.6 Å². The van der Waals surface area contributed by atoms with Crippen LogP contribution in [0.3, 0.4) is 0 Å². The lowest BCUT2D eigenvalue weighted by Crippen LogP contribution is -2.31. The number of alkyl halides is 3. The van der Waals surface area contributed by atoms with E-state index in [0.717, 1.165) is 24.1 Å². The van der Waals surface area contributed by atoms with E-state index in [9.17, 15) is 18.0 Å². The number of carbonyl (C=O) groups excluding carboxylic acids is 1. The Labute approximate surface area is 166 Å². The van der Waals surface area contributed by atoms with Gasteiger partial charge in [0.25, 0.3) is 5.91 Å². The molecule has 5 nitrogen and oxygen atoms in total. The average Bonchev–Trinajstić information content (AvgIpc) is 2.89. The van der Waals surface area contributed by atoms with Crippen molar-refractivity contribution < 1.29 is 32.2 Å². The summed E-state index contributed by atoms with van der Waals surface area (Å²) in [6.45, 7) is 5.08. The highest BCUT2D eigenvalue weighted by molar-refractivity contribution is 5.94. The zero-order valence-electron chi connectivity index (χ0n) is 16.1. The summed E-state index contributed by atoms with van der Waals surface area (Å²) < 4.78 is 52.0. The predicted molar refractivity (Wildman–Crippen MR) is 100 cm³/mol. The zero-order valence-corrected chi connectivity index (χ0v) is 16.1. The lowest BCUT2D eigenvalue weighted by Gasteiger charge is -2.24. The number of rotatable bonds is 5. The van der Waals surface area contributed by atoms with Crippen LogP contribution in [0, 0.1) is 5.92 Å². The van der Waals surface area contributed by atoms with Gasteiger partial charge in [-0.1, -0.05) is 19.9 Å². The molecule has 0 saturated heterocycles. The van der Waals surface area contributed by atoms with Gasteiger partial charge in [-0.15, -0.1) is 13.2 Å². The summed E-state index contributed by atoms with van der Waals surface area (Å²) in [6.07, 6.45) is -3.98. The molecule has 3 rings (SSSR count). The lowest BCUT2D eigenvalue weighted by molar-refractivity contribution is -0.274. The molecule has 1 aliphatic heterocycles. The third kappa shape index (κ3) is 5.56. The quantitative estimate of drug-likeness (QED) is 0.765. The van der Waals surface area contributed by atoms with Crippen LogP contribution in [-0.4, -0.2) is 25.5 Å². The van der Waals surface area contributed by atoms with Crippen molar-refractivity contribution in [3.63, 3.8) is 0 Å². The summed E-state index contributed by atoms with van der Waals surface area (Å²) in [6, 6.07) is 10.0. The van der Waals surface area contributed by atoms with Crippen LogP contribution in [0.25, 0.3) is 0 Å². The van der Waals surface area contributed by atoms with E-state index >= 15 is 0 Å². The van der Waals surface area contributed by atoms with Crippen molar-refractivity contribution in [1.29, 1.82) is 0 Å². The first-order valence-corrected chi connectivity index (χ1v) is 9.29. The van der Waals surface area contributed by atoms with E-state index in [0.29, 0.717) is 24.7 Å². The Hall–Kier alpha value is -2.90. The molecule has 1 unspecified atom stereocenters. The number of hydrogen-bond donors (Lipinski definition) is 1. The van der Waals surface area contributed by atoms with Crippen LogP contribution in [0.2, 0.25) is 0 Å². The smallest absolute Gasteiger partial charge is 0.490 e. The van der Waals surface area contributed by atoms with Crippen LogP contribution >= 0.6 is 0 Å². The minimum atomic E-state index is -4.77. The maximum atomic E-state index is 12.6. The molecule has 1 amide bonds. The normalized spacial score (nSPS) is 14.8. The second-order valence-electron chi connectivity index (χ2n) is 7.02. The molecule has 0 aliphatic carbocycles. The number of amides is 1. The van der Waals surface area contributed by atoms with Gasteiger partial charge >= 0.3 is 6.36 Å². The number of fused-ring (bicyclic) bond motifs is 1. The molecule has 2 aromatic carbocycles. The summed E-state index contributed by atoms with van der Waals surface area (Å²) in [5, 5.41) is 2.94. The number of nitrogens with one attached hydrogen (secondary N) is 1. The molecule has 0 spiro atoms. The molecule has 0 fully saturated rings. The summed E-state index contributed by atoms with van der Waals surface area (Å²) in [7, 11) is 0. The zero-order chi connectivity index (χ0) is 21.0. The van der Waals surface area contributed by atoms with Gasteiger partial charge in [0.2, 0.25) is 0 Å². The summed E-state index contributed by atoms with van der Waals surface area (Å²) in [5.41, 5.74) is 1.09. The molecule has 8 heteroatoms. The molecule has 0 bridgehead atoms. The van der Waals surface area contributed by atoms with Crippen molar-refractivity contribution in [2.75, 3.05) is 13.2 Å². The van der Waals surface area contributed by atoms with E-state index in [1.165, 1.54) is 12.1 Å². The standard InChI is InChI=1S/C21H22F3NO4/c1-13(2)19(15-6-9-17-18(12-15)28-11-3-10-27-17)25-20(26)14-4-7-16(8-5-14)29-21(22,23)24/h4-9,12-13,19H,3,10-11H2,1-2H3,(H,25,26). The SMILES string of the molecule is CC(C)C(NC(=O)c1ccc(OC(F)(F)F)cc1)c1ccc2c(c1)OCCCO2. The Morgan fingerprint density at radius 1 is 1.03 bits per heavy atom. The van der Waals surface area contributed by atoms with E-state index in [1.54, 1.807) is 0 Å². The lowest BCUT2D eigenvalue weighted by atomic mass is 9.95. The molecule has 0 saturated carbocycles. The molecule has 0 aromatic heterocycles. The van der Waals surface area contributed by atoms with Crippen LogP contribution < -0.4 is 19.5 Å². The van der Waals surface area contributed by atoms with Crippen LogP contribution in [0.4, 0.5) is 13.2 Å². The average molecular weight is 409 g/mol. The van der Waals surface area contributed by atoms with Crippen molar-refractivity contribution >= 4 is 5.91 Å². The Kier molecular flexibility index (Phi) is 6.20. The fourth-order valence-corrected chi connectivity index (χ4v) is 3.04. The summed E-state index contributed by atoms with van der Waals surface area (Å²) in [4.78, 5) is 12.6. The van der Waals surface area contributed by atoms with E-state index in [2.05, 4.69) is 10.1 Å². The van der Waals surface area contributed by atoms with Crippen LogP contribution in [0.15, 0.2) is 42.5 Å². The van der Waals surface area contributed by atoms with Gasteiger partial charge in [0, 0.05) is 12.0 Å². The molecule has 29 heavy (non-hydrogen) atoms. The minimum absolute atomic E-state index is 0.0662. The van der Waals surface area contributed by atoms with E-state index in [4.69, 9.17) is 9.47 Å². The Balaban J connectivity index is 1.75. The van der Waals surface area contributed by atoms with Gasteiger partial charge in [-0.2, -0.15) is 0 Å². The van der Waals surface area contributed by atoms with E-state index in [-0.39, 0.29) is 23.3 Å². The van der Waals surface area contributed by atoms with Crippen LogP contribution in [0.1, 0.15) is 42.2 Å². The second kappa shape index (κ2) is 8.63. The van der Waals surface area contributed by atoms with Gasteiger partial charge < -0.3 is 19.5 Å². The fourth-order valence-electron chi connectivity index (χ4n) is 3.04. The Morgan fingerprint density at radius 3 is 2.31 bits per heavy atom. The molecule has 156 valence electrons. The molecular formula is C21H22F3NO4. The molecule has 1 atom stereocenters. The monoisotopic (exact) mass is 409 g/mol. The maximum absolute atomic E-state index is 12.6. The number of hydrogen-bond acceptors (Lipinski definition) is 4. The van der Waals surface area contributed by atoms with Gasteiger partial charge in [0.1, 0.15) is 5.75 Å². The predicted octanol–water partition coefficient (Wildman–Crippen LogP) is 4.87. The highest BCUT2D eigenvalue weighted by Gasteiger charge is 2.31. The molecule has 0 radical (unpaired) electrons. The van der Waals surface area contributed by atoms with Crippen molar-refractivity contribution in [1.82, 2.24) is 5.32 Å². The minimum Gasteiger partial charge on any atom is -0.490 e. The number of carbonyl (C=O) groups is 1. The van der Waals surface area contributed by atoms with Crippen molar-refractivity contribution in [2.45, 2.75) is 32.7 Å².